The summed E-state index contributed by atoms with van der Waals surface area (Å²) in [5.41, 5.74) is 2.07. The van der Waals surface area contributed by atoms with E-state index in [0.717, 1.165) is 17.8 Å². The Bertz CT molecular complexity index is 1580. The molecule has 4 aromatic rings. The Kier molecular flexibility index (Phi) is 6.40. The van der Waals surface area contributed by atoms with E-state index in [1.54, 1.807) is 42.9 Å². The first-order valence-electron chi connectivity index (χ1n) is 10.1. The molecule has 0 bridgehead atoms. The van der Waals surface area contributed by atoms with Crippen LogP contribution in [0.5, 0.6) is 0 Å². The number of nitrogens with zero attached hydrogens (tertiary/aromatic N) is 6. The normalized spacial score (nSPS) is 11.4. The topological polar surface area (TPSA) is 173 Å². The highest BCUT2D eigenvalue weighted by molar-refractivity contribution is 7.89. The molecule has 1 aromatic carbocycles. The van der Waals surface area contributed by atoms with Crippen molar-refractivity contribution in [2.75, 3.05) is 5.32 Å². The number of nitro groups is 1. The third-order valence-corrected chi connectivity index (χ3v) is 6.62. The number of benzene rings is 1. The van der Waals surface area contributed by atoms with E-state index in [-0.39, 0.29) is 17.1 Å². The summed E-state index contributed by atoms with van der Waals surface area (Å²) in [5.74, 6) is 5.88. The van der Waals surface area contributed by atoms with Crippen molar-refractivity contribution < 1.29 is 13.3 Å². The summed E-state index contributed by atoms with van der Waals surface area (Å²) >= 11 is 0. The Morgan fingerprint density at radius 3 is 2.71 bits per heavy atom. The number of sulfonamides is 1. The molecule has 12 nitrogen and oxygen atoms in total. The zero-order valence-corrected chi connectivity index (χ0v) is 18.8. The van der Waals surface area contributed by atoms with E-state index in [4.69, 9.17) is 11.1 Å². The number of aromatic nitrogens is 3. The number of anilines is 1. The summed E-state index contributed by atoms with van der Waals surface area (Å²) in [6.45, 7) is 0.257. The molecule has 0 amide bonds. The minimum absolute atomic E-state index is 0.144. The maximum absolute atomic E-state index is 13.3. The van der Waals surface area contributed by atoms with E-state index in [2.05, 4.69) is 15.4 Å². The molecule has 13 heteroatoms. The van der Waals surface area contributed by atoms with Gasteiger partial charge in [0.1, 0.15) is 4.90 Å². The van der Waals surface area contributed by atoms with Gasteiger partial charge in [-0.3, -0.25) is 15.1 Å². The average molecular weight is 491 g/mol. The van der Waals surface area contributed by atoms with Crippen LogP contribution in [0.15, 0.2) is 78.3 Å². The first kappa shape index (κ1) is 23.4. The summed E-state index contributed by atoms with van der Waals surface area (Å²) in [6.07, 6.45) is 8.81. The quantitative estimate of drug-likeness (QED) is 0.214. The van der Waals surface area contributed by atoms with Gasteiger partial charge in [0.05, 0.1) is 34.0 Å². The van der Waals surface area contributed by atoms with Crippen LogP contribution in [-0.2, 0) is 16.6 Å². The van der Waals surface area contributed by atoms with E-state index in [1.807, 2.05) is 6.07 Å². The minimum atomic E-state index is -4.38. The second-order valence-electron chi connectivity index (χ2n) is 7.25. The zero-order chi connectivity index (χ0) is 25.0. The summed E-state index contributed by atoms with van der Waals surface area (Å²) in [6, 6.07) is 12.2. The fraction of sp³-hybridized carbons (Fsp3) is 0.0455. The zero-order valence-electron chi connectivity index (χ0n) is 18.0. The molecule has 0 saturated carbocycles. The standard InChI is InChI=1S/C22H18N8O4S/c23-13-17-5-9-28-21(11-17)18(15-27-28)6-10-29(24)35(33,34)22-12-19(30(31)32)1-2-20(22)26-14-16-3-7-25-8-4-16/h1-12,15,26H,14,24H2. The highest BCUT2D eigenvalue weighted by Crippen LogP contribution is 2.29. The Morgan fingerprint density at radius 1 is 1.23 bits per heavy atom. The fourth-order valence-corrected chi connectivity index (χ4v) is 4.36. The lowest BCUT2D eigenvalue weighted by Gasteiger charge is -2.18. The van der Waals surface area contributed by atoms with Crippen LogP contribution in [0.3, 0.4) is 0 Å². The van der Waals surface area contributed by atoms with Crippen molar-refractivity contribution >= 4 is 33.0 Å². The average Bonchev–Trinajstić information content (AvgIpc) is 3.28. The van der Waals surface area contributed by atoms with Gasteiger partial charge in [-0.05, 0) is 42.0 Å². The maximum atomic E-state index is 13.3. The molecule has 4 rings (SSSR count). The van der Waals surface area contributed by atoms with Crippen LogP contribution in [-0.4, -0.2) is 32.4 Å². The molecule has 35 heavy (non-hydrogen) atoms. The second-order valence-corrected chi connectivity index (χ2v) is 9.07. The summed E-state index contributed by atoms with van der Waals surface area (Å²) in [4.78, 5) is 14.2. The number of non-ortho nitro benzene ring substituents is 1. The van der Waals surface area contributed by atoms with Crippen molar-refractivity contribution in [2.24, 2.45) is 5.84 Å². The van der Waals surface area contributed by atoms with Crippen molar-refractivity contribution in [3.63, 3.8) is 0 Å². The highest BCUT2D eigenvalue weighted by Gasteiger charge is 2.26. The number of hydrogen-bond acceptors (Lipinski definition) is 9. The molecule has 0 fully saturated rings. The molecule has 3 aromatic heterocycles. The lowest BCUT2D eigenvalue weighted by atomic mass is 10.2. The SMILES string of the molecule is N#Cc1ccn2ncc(C=CN(N)S(=O)(=O)c3cc([N+](=O)[O-])ccc3NCc3ccncc3)c2c1. The molecular formula is C22H18N8O4S. The van der Waals surface area contributed by atoms with Crippen LogP contribution in [0.1, 0.15) is 16.7 Å². The van der Waals surface area contributed by atoms with E-state index in [0.29, 0.717) is 21.1 Å². The molecule has 3 heterocycles. The van der Waals surface area contributed by atoms with Crippen LogP contribution in [0, 0.1) is 21.4 Å². The monoisotopic (exact) mass is 490 g/mol. The van der Waals surface area contributed by atoms with Crippen LogP contribution in [0.25, 0.3) is 11.6 Å². The van der Waals surface area contributed by atoms with Gasteiger partial charge in [-0.1, -0.05) is 0 Å². The van der Waals surface area contributed by atoms with Gasteiger partial charge in [-0.15, -0.1) is 0 Å². The Balaban J connectivity index is 1.66. The number of nitriles is 1. The number of pyridine rings is 2. The van der Waals surface area contributed by atoms with Gasteiger partial charge in [0.2, 0.25) is 0 Å². The van der Waals surface area contributed by atoms with E-state index in [9.17, 15) is 18.5 Å². The Labute approximate surface area is 199 Å². The van der Waals surface area contributed by atoms with E-state index in [1.165, 1.54) is 28.9 Å². The molecular weight excluding hydrogens is 472 g/mol. The Hall–Kier alpha value is -4.80. The van der Waals surface area contributed by atoms with E-state index >= 15 is 0 Å². The third-order valence-electron chi connectivity index (χ3n) is 5.05. The summed E-state index contributed by atoms with van der Waals surface area (Å²) < 4.78 is 28.6. The number of hydrogen-bond donors (Lipinski definition) is 2. The molecule has 0 aliphatic rings. The summed E-state index contributed by atoms with van der Waals surface area (Å²) in [7, 11) is -4.38. The first-order chi connectivity index (χ1) is 16.8. The van der Waals surface area contributed by atoms with Gasteiger partial charge >= 0.3 is 0 Å². The van der Waals surface area contributed by atoms with Crippen molar-refractivity contribution in [3.05, 3.63) is 100 Å². The lowest BCUT2D eigenvalue weighted by molar-refractivity contribution is -0.385. The molecule has 0 aliphatic carbocycles. The number of nitrogens with one attached hydrogen (secondary N) is 1. The molecule has 0 unspecified atom stereocenters. The van der Waals surface area contributed by atoms with Crippen LogP contribution in [0.4, 0.5) is 11.4 Å². The van der Waals surface area contributed by atoms with Crippen LogP contribution in [0.2, 0.25) is 0 Å². The number of rotatable bonds is 8. The van der Waals surface area contributed by atoms with Crippen LogP contribution >= 0.6 is 0 Å². The number of nitro benzene ring substituents is 1. The second kappa shape index (κ2) is 9.59. The van der Waals surface area contributed by atoms with Gasteiger partial charge in [-0.2, -0.15) is 18.8 Å². The summed E-state index contributed by atoms with van der Waals surface area (Å²) in [5, 5.41) is 27.5. The lowest BCUT2D eigenvalue weighted by Crippen LogP contribution is -2.32. The predicted molar refractivity (Wildman–Crippen MR) is 127 cm³/mol. The maximum Gasteiger partial charge on any atom is 0.279 e. The van der Waals surface area contributed by atoms with Gasteiger partial charge in [0, 0.05) is 49.0 Å². The Morgan fingerprint density at radius 2 is 2.00 bits per heavy atom. The minimum Gasteiger partial charge on any atom is -0.380 e. The fourth-order valence-electron chi connectivity index (χ4n) is 3.23. The largest absolute Gasteiger partial charge is 0.380 e. The van der Waals surface area contributed by atoms with Crippen molar-refractivity contribution in [3.8, 4) is 6.07 Å². The predicted octanol–water partition coefficient (Wildman–Crippen LogP) is 2.66. The highest BCUT2D eigenvalue weighted by atomic mass is 32.2. The van der Waals surface area contributed by atoms with Crippen LogP contribution < -0.4 is 11.2 Å². The number of hydrazine groups is 1. The molecule has 0 saturated heterocycles. The van der Waals surface area contributed by atoms with Crippen molar-refractivity contribution in [1.29, 1.82) is 5.26 Å². The van der Waals surface area contributed by atoms with E-state index < -0.39 is 20.6 Å². The van der Waals surface area contributed by atoms with Gasteiger partial charge in [0.25, 0.3) is 15.7 Å². The molecule has 176 valence electrons. The van der Waals surface area contributed by atoms with Crippen molar-refractivity contribution in [1.82, 2.24) is 19.0 Å². The third kappa shape index (κ3) is 4.93. The number of fused-ring (bicyclic) bond motifs is 1. The molecule has 0 radical (unpaired) electrons. The first-order valence-corrected chi connectivity index (χ1v) is 11.5. The van der Waals surface area contributed by atoms with Gasteiger partial charge in [-0.25, -0.2) is 14.8 Å². The number of nitrogens with two attached hydrogens (primary N) is 1. The molecule has 0 spiro atoms. The van der Waals surface area contributed by atoms with Gasteiger partial charge < -0.3 is 5.32 Å². The molecule has 0 atom stereocenters. The molecule has 0 aliphatic heterocycles. The van der Waals surface area contributed by atoms with Gasteiger partial charge in [0.15, 0.2) is 0 Å². The van der Waals surface area contributed by atoms with Crippen molar-refractivity contribution in [2.45, 2.75) is 11.4 Å². The smallest absolute Gasteiger partial charge is 0.279 e. The molecule has 3 N–H and O–H groups in total.